The zero-order chi connectivity index (χ0) is 47.0. The van der Waals surface area contributed by atoms with Crippen molar-refractivity contribution < 1.29 is 47.5 Å². The van der Waals surface area contributed by atoms with E-state index in [4.69, 9.17) is 72.7 Å². The van der Waals surface area contributed by atoms with Crippen LogP contribution in [0.25, 0.3) is 22.5 Å². The van der Waals surface area contributed by atoms with Gasteiger partial charge in [0.05, 0.1) is 83.3 Å². The van der Waals surface area contributed by atoms with Crippen molar-refractivity contribution in [1.82, 2.24) is 25.3 Å². The third-order valence-electron chi connectivity index (χ3n) is 9.18. The predicted octanol–water partition coefficient (Wildman–Crippen LogP) is 9.23. The van der Waals surface area contributed by atoms with Crippen LogP contribution in [-0.2, 0) is 11.3 Å². The number of methoxy groups -OCH3 is 7. The van der Waals surface area contributed by atoms with Crippen LogP contribution >= 0.6 is 46.6 Å². The van der Waals surface area contributed by atoms with Crippen molar-refractivity contribution in [1.29, 1.82) is 0 Å². The Labute approximate surface area is 395 Å². The molecule has 4 aromatic carbocycles. The summed E-state index contributed by atoms with van der Waals surface area (Å²) in [5.74, 6) is 1.93. The van der Waals surface area contributed by atoms with Crippen LogP contribution in [0.3, 0.4) is 0 Å². The van der Waals surface area contributed by atoms with Gasteiger partial charge in [-0.3, -0.25) is 4.79 Å². The van der Waals surface area contributed by atoms with Gasteiger partial charge in [-0.2, -0.15) is 0 Å². The molecule has 0 spiro atoms. The van der Waals surface area contributed by atoms with Crippen LogP contribution in [0.2, 0.25) is 15.1 Å². The van der Waals surface area contributed by atoms with E-state index in [0.717, 1.165) is 5.56 Å². The second-order valence-electron chi connectivity index (χ2n) is 13.0. The Morgan fingerprint density at radius 2 is 1.25 bits per heavy atom. The maximum Gasteiger partial charge on any atom is 0.341 e. The molecule has 6 rings (SSSR count). The highest BCUT2D eigenvalue weighted by molar-refractivity contribution is 7.98. The summed E-state index contributed by atoms with van der Waals surface area (Å²) in [6.45, 7) is 0.937. The molecule has 0 unspecified atom stereocenters. The number of halogens is 3. The third-order valence-corrected chi connectivity index (χ3v) is 10.7. The fraction of sp³-hybridized carbons (Fsp3) is 0.244. The van der Waals surface area contributed by atoms with Crippen molar-refractivity contribution in [2.45, 2.75) is 11.7 Å². The highest BCUT2D eigenvalue weighted by atomic mass is 35.5. The maximum absolute atomic E-state index is 13.3. The summed E-state index contributed by atoms with van der Waals surface area (Å²) in [6, 6.07) is 20.0. The van der Waals surface area contributed by atoms with E-state index in [-0.39, 0.29) is 57.5 Å². The first-order valence-electron chi connectivity index (χ1n) is 19.2. The Kier molecular flexibility index (Phi) is 18.4. The summed E-state index contributed by atoms with van der Waals surface area (Å²) in [5.41, 5.74) is 2.73. The molecular formula is C45H45Cl3N6O10S. The number of nitrogens with zero attached hydrogens (tertiary/aromatic N) is 4. The Bertz CT molecular complexity index is 2610. The lowest BCUT2D eigenvalue weighted by molar-refractivity contribution is 0.0600. The molecule has 0 saturated heterocycles. The first-order valence-corrected chi connectivity index (χ1v) is 21.6. The Morgan fingerprint density at radius 1 is 0.662 bits per heavy atom. The van der Waals surface area contributed by atoms with Crippen LogP contribution < -0.4 is 43.8 Å². The molecule has 0 saturated carbocycles. The summed E-state index contributed by atoms with van der Waals surface area (Å²) in [5, 5.41) is 7.55. The number of carbonyl (C=O) groups excluding carboxylic acids is 2. The van der Waals surface area contributed by atoms with Crippen molar-refractivity contribution in [2.24, 2.45) is 0 Å². The van der Waals surface area contributed by atoms with Crippen LogP contribution in [0.5, 0.6) is 40.2 Å². The van der Waals surface area contributed by atoms with E-state index in [9.17, 15) is 9.59 Å². The minimum absolute atomic E-state index is 0.177. The number of carbonyl (C=O) groups is 2. The molecule has 2 aromatic heterocycles. The lowest BCUT2D eigenvalue weighted by atomic mass is 10.0. The fourth-order valence-corrected chi connectivity index (χ4v) is 7.30. The molecule has 0 aliphatic heterocycles. The minimum atomic E-state index is -0.576. The van der Waals surface area contributed by atoms with Gasteiger partial charge in [0.25, 0.3) is 5.91 Å². The first-order chi connectivity index (χ1) is 31.5. The maximum atomic E-state index is 13.3. The van der Waals surface area contributed by atoms with Crippen molar-refractivity contribution in [3.05, 3.63) is 111 Å². The number of para-hydroxylation sites is 1. The normalized spacial score (nSPS) is 10.4. The number of rotatable bonds is 18. The van der Waals surface area contributed by atoms with Crippen LogP contribution in [0, 0.1) is 0 Å². The molecule has 65 heavy (non-hydrogen) atoms. The molecular weight excluding hydrogens is 923 g/mol. The SMILES string of the molecule is COC(=O)c1cnc(SC)nc1-c1cc(OC)c(OC)c(OC)c1Cl.COc1cc(-c2nc(NCc3cccc(Cl)c3)ncc2C(=O)NCCOc2ccccc2)c(Cl)c(OC)c1OC. The monoisotopic (exact) mass is 966 g/mol. The summed E-state index contributed by atoms with van der Waals surface area (Å²) in [4.78, 5) is 43.0. The number of thioether (sulfide) groups is 1. The first kappa shape index (κ1) is 49.6. The lowest BCUT2D eigenvalue weighted by Gasteiger charge is -2.18. The van der Waals surface area contributed by atoms with Gasteiger partial charge in [-0.1, -0.05) is 76.9 Å². The molecule has 20 heteroatoms. The number of esters is 1. The molecule has 0 atom stereocenters. The summed E-state index contributed by atoms with van der Waals surface area (Å²) in [6.07, 6.45) is 4.67. The van der Waals surface area contributed by atoms with Crippen molar-refractivity contribution in [3.8, 4) is 62.8 Å². The predicted molar refractivity (Wildman–Crippen MR) is 250 cm³/mol. The van der Waals surface area contributed by atoms with Crippen LogP contribution in [0.4, 0.5) is 5.95 Å². The molecule has 16 nitrogen and oxygen atoms in total. The summed E-state index contributed by atoms with van der Waals surface area (Å²) in [7, 11) is 10.1. The molecule has 0 radical (unpaired) electrons. The number of benzene rings is 4. The molecule has 0 aliphatic carbocycles. The third kappa shape index (κ3) is 12.0. The molecule has 2 N–H and O–H groups in total. The van der Waals surface area contributed by atoms with Gasteiger partial charge >= 0.3 is 5.97 Å². The van der Waals surface area contributed by atoms with Gasteiger partial charge in [-0.05, 0) is 48.2 Å². The number of anilines is 1. The van der Waals surface area contributed by atoms with Crippen molar-refractivity contribution in [3.63, 3.8) is 0 Å². The van der Waals surface area contributed by atoms with E-state index in [1.54, 1.807) is 18.2 Å². The van der Waals surface area contributed by atoms with Crippen molar-refractivity contribution in [2.75, 3.05) is 74.5 Å². The molecule has 342 valence electrons. The minimum Gasteiger partial charge on any atom is -0.493 e. The molecule has 2 heterocycles. The largest absolute Gasteiger partial charge is 0.493 e. The number of aromatic nitrogens is 4. The van der Waals surface area contributed by atoms with E-state index >= 15 is 0 Å². The Balaban J connectivity index is 0.000000273. The van der Waals surface area contributed by atoms with E-state index < -0.39 is 11.9 Å². The molecule has 0 fully saturated rings. The molecule has 0 bridgehead atoms. The summed E-state index contributed by atoms with van der Waals surface area (Å²) < 4.78 is 43.0. The van der Waals surface area contributed by atoms with Gasteiger partial charge in [-0.15, -0.1) is 0 Å². The fourth-order valence-electron chi connectivity index (χ4n) is 6.13. The average Bonchev–Trinajstić information content (AvgIpc) is 3.34. The lowest BCUT2D eigenvalue weighted by Crippen LogP contribution is -2.29. The van der Waals surface area contributed by atoms with Gasteiger partial charge in [0.2, 0.25) is 17.4 Å². The van der Waals surface area contributed by atoms with E-state index in [1.807, 2.05) is 54.8 Å². The van der Waals surface area contributed by atoms with Crippen LogP contribution in [0.1, 0.15) is 26.3 Å². The molecule has 0 aliphatic rings. The highest BCUT2D eigenvalue weighted by Crippen LogP contribution is 2.49. The van der Waals surface area contributed by atoms with Gasteiger partial charge in [-0.25, -0.2) is 24.7 Å². The van der Waals surface area contributed by atoms with Crippen LogP contribution in [-0.4, -0.2) is 101 Å². The number of amides is 1. The number of hydrogen-bond donors (Lipinski definition) is 2. The number of nitrogens with one attached hydrogen (secondary N) is 2. The topological polar surface area (TPSA) is 184 Å². The average molecular weight is 968 g/mol. The zero-order valence-corrected chi connectivity index (χ0v) is 39.6. The Hall–Kier alpha value is -6.40. The smallest absolute Gasteiger partial charge is 0.341 e. The van der Waals surface area contributed by atoms with E-state index in [1.165, 1.54) is 73.9 Å². The number of hydrogen-bond acceptors (Lipinski definition) is 16. The van der Waals surface area contributed by atoms with Gasteiger partial charge < -0.3 is 48.5 Å². The van der Waals surface area contributed by atoms with Crippen molar-refractivity contribution >= 4 is 64.4 Å². The standard InChI is InChI=1S/C29H28Cl2N4O5.C16H17ClN2O5S/c1-37-23-15-21(24(31)27(39-3)26(23)38-2)25-22(28(36)32-12-13-40-20-10-5-4-6-11-20)17-34-29(35-25)33-16-18-8-7-9-19(30)14-18;1-21-10-6-8(11(17)14(23-3)13(10)22-2)12-9(15(20)24-4)7-18-16(19-12)25-5/h4-11,14-15,17H,12-13,16H2,1-3H3,(H,32,36)(H,33,34,35);6-7H,1-5H3. The summed E-state index contributed by atoms with van der Waals surface area (Å²) >= 11 is 20.7. The Morgan fingerprint density at radius 3 is 1.78 bits per heavy atom. The van der Waals surface area contributed by atoms with Gasteiger partial charge in [0.1, 0.15) is 17.9 Å². The second kappa shape index (κ2) is 24.0. The number of ether oxygens (including phenoxy) is 8. The highest BCUT2D eigenvalue weighted by Gasteiger charge is 2.27. The van der Waals surface area contributed by atoms with E-state index in [0.29, 0.717) is 62.3 Å². The van der Waals surface area contributed by atoms with Crippen LogP contribution in [0.15, 0.2) is 84.3 Å². The quantitative estimate of drug-likeness (QED) is 0.0359. The van der Waals surface area contributed by atoms with Gasteiger partial charge in [0, 0.05) is 35.1 Å². The molecule has 1 amide bonds. The second-order valence-corrected chi connectivity index (χ2v) is 14.9. The zero-order valence-electron chi connectivity index (χ0n) is 36.5. The van der Waals surface area contributed by atoms with E-state index in [2.05, 4.69) is 30.6 Å². The van der Waals surface area contributed by atoms with Gasteiger partial charge in [0.15, 0.2) is 28.2 Å². The molecule has 6 aromatic rings.